The molecule has 0 aromatic heterocycles. The van der Waals surface area contributed by atoms with Crippen LogP contribution in [-0.2, 0) is 0 Å². The third-order valence-electron chi connectivity index (χ3n) is 3.43. The normalized spacial score (nSPS) is 24.2. The molecule has 1 aliphatic carbocycles. The van der Waals surface area contributed by atoms with Gasteiger partial charge in [-0.05, 0) is 30.6 Å². The van der Waals surface area contributed by atoms with E-state index in [4.69, 9.17) is 0 Å². The zero-order valence-corrected chi connectivity index (χ0v) is 9.03. The predicted molar refractivity (Wildman–Crippen MR) is 55.3 cm³/mol. The second-order valence-corrected chi connectivity index (χ2v) is 5.12. The Morgan fingerprint density at radius 2 is 1.83 bits per heavy atom. The van der Waals surface area contributed by atoms with Crippen LogP contribution < -0.4 is 0 Å². The first kappa shape index (κ1) is 10.1. The van der Waals surface area contributed by atoms with Crippen LogP contribution in [0.5, 0.6) is 0 Å². The fourth-order valence-electron chi connectivity index (χ4n) is 2.87. The number of hydrogen-bond acceptors (Lipinski definition) is 0. The minimum atomic E-state index is 0.717. The van der Waals surface area contributed by atoms with Crippen LogP contribution in [-0.4, -0.2) is 0 Å². The lowest BCUT2D eigenvalue weighted by atomic mass is 9.79. The lowest BCUT2D eigenvalue weighted by Gasteiger charge is -2.27. The lowest BCUT2D eigenvalue weighted by molar-refractivity contribution is 0.248. The summed E-state index contributed by atoms with van der Waals surface area (Å²) in [7, 11) is 0. The van der Waals surface area contributed by atoms with Crippen molar-refractivity contribution in [2.24, 2.45) is 11.3 Å². The van der Waals surface area contributed by atoms with Gasteiger partial charge in [0.2, 0.25) is 0 Å². The van der Waals surface area contributed by atoms with Gasteiger partial charge in [-0.15, -0.1) is 0 Å². The van der Waals surface area contributed by atoms with Gasteiger partial charge in [-0.25, -0.2) is 0 Å². The molecule has 0 aromatic carbocycles. The zero-order valence-electron chi connectivity index (χ0n) is 9.03. The summed E-state index contributed by atoms with van der Waals surface area (Å²) in [6.07, 6.45) is 10.2. The minimum Gasteiger partial charge on any atom is -0.0654 e. The first-order valence-electron chi connectivity index (χ1n) is 5.66. The Hall–Kier alpha value is 0. The molecule has 0 aromatic rings. The Bertz CT molecular complexity index is 120. The molecule has 0 spiro atoms. The number of hydrogen-bond donors (Lipinski definition) is 0. The third-order valence-corrected chi connectivity index (χ3v) is 3.43. The zero-order chi connectivity index (χ0) is 9.03. The highest BCUT2D eigenvalue weighted by molar-refractivity contribution is 4.81. The molecule has 0 N–H and O–H groups in total. The first-order valence-corrected chi connectivity index (χ1v) is 5.66. The van der Waals surface area contributed by atoms with Crippen LogP contribution in [0, 0.1) is 11.3 Å². The van der Waals surface area contributed by atoms with Crippen LogP contribution in [0.3, 0.4) is 0 Å². The maximum absolute atomic E-state index is 2.49. The van der Waals surface area contributed by atoms with Crippen molar-refractivity contribution in [2.75, 3.05) is 0 Å². The van der Waals surface area contributed by atoms with Crippen LogP contribution in [0.15, 0.2) is 0 Å². The van der Waals surface area contributed by atoms with Crippen molar-refractivity contribution in [3.8, 4) is 0 Å². The average molecular weight is 168 g/mol. The molecule has 0 unspecified atom stereocenters. The van der Waals surface area contributed by atoms with Crippen molar-refractivity contribution in [1.82, 2.24) is 0 Å². The highest BCUT2D eigenvalue weighted by atomic mass is 14.3. The van der Waals surface area contributed by atoms with Gasteiger partial charge in [0.05, 0.1) is 0 Å². The van der Waals surface area contributed by atoms with E-state index in [0.29, 0.717) is 5.41 Å². The summed E-state index contributed by atoms with van der Waals surface area (Å²) < 4.78 is 0. The molecule has 0 bridgehead atoms. The van der Waals surface area contributed by atoms with Gasteiger partial charge in [0.25, 0.3) is 0 Å². The predicted octanol–water partition coefficient (Wildman–Crippen LogP) is 4.39. The van der Waals surface area contributed by atoms with Crippen molar-refractivity contribution in [1.29, 1.82) is 0 Å². The molecule has 0 aliphatic heterocycles. The lowest BCUT2D eigenvalue weighted by Crippen LogP contribution is -2.15. The summed E-state index contributed by atoms with van der Waals surface area (Å²) >= 11 is 0. The Kier molecular flexibility index (Phi) is 3.61. The molecule has 0 nitrogen and oxygen atoms in total. The summed E-state index contributed by atoms with van der Waals surface area (Å²) in [5, 5.41) is 0. The molecule has 1 rings (SSSR count). The van der Waals surface area contributed by atoms with Crippen LogP contribution >= 0.6 is 0 Å². The quantitative estimate of drug-likeness (QED) is 0.584. The highest BCUT2D eigenvalue weighted by Crippen LogP contribution is 2.43. The van der Waals surface area contributed by atoms with Crippen molar-refractivity contribution >= 4 is 0 Å². The van der Waals surface area contributed by atoms with E-state index in [2.05, 4.69) is 20.8 Å². The summed E-state index contributed by atoms with van der Waals surface area (Å²) in [5.74, 6) is 0.957. The second-order valence-electron chi connectivity index (χ2n) is 5.12. The Balaban J connectivity index is 2.28. The molecule has 0 amide bonds. The molecular formula is C12H24. The topological polar surface area (TPSA) is 0 Å². The summed E-state index contributed by atoms with van der Waals surface area (Å²) in [6, 6.07) is 0. The molecule has 0 heterocycles. The van der Waals surface area contributed by atoms with Gasteiger partial charge >= 0.3 is 0 Å². The van der Waals surface area contributed by atoms with Crippen LogP contribution in [0.25, 0.3) is 0 Å². The van der Waals surface area contributed by atoms with Gasteiger partial charge in [-0.2, -0.15) is 0 Å². The van der Waals surface area contributed by atoms with Crippen LogP contribution in [0.2, 0.25) is 0 Å². The summed E-state index contributed by atoms with van der Waals surface area (Å²) in [4.78, 5) is 0. The van der Waals surface area contributed by atoms with Gasteiger partial charge in [0.15, 0.2) is 0 Å². The minimum absolute atomic E-state index is 0.717. The van der Waals surface area contributed by atoms with E-state index in [1.807, 2.05) is 0 Å². The first-order chi connectivity index (χ1) is 5.66. The molecule has 1 atom stereocenters. The smallest absolute Gasteiger partial charge is 0.0323 e. The van der Waals surface area contributed by atoms with Gasteiger partial charge < -0.3 is 0 Å². The van der Waals surface area contributed by atoms with Crippen molar-refractivity contribution in [2.45, 2.75) is 65.7 Å². The van der Waals surface area contributed by atoms with Gasteiger partial charge in [0.1, 0.15) is 0 Å². The Labute approximate surface area is 77.7 Å². The largest absolute Gasteiger partial charge is 0.0654 e. The highest BCUT2D eigenvalue weighted by Gasteiger charge is 2.29. The standard InChI is InChI=1S/C12H24/c1-4-7-11(2)10-12(3)8-5-6-9-12/h11H,4-10H2,1-3H3/t11-/m0/s1. The molecule has 72 valence electrons. The molecule has 1 saturated carbocycles. The van der Waals surface area contributed by atoms with Crippen molar-refractivity contribution in [3.05, 3.63) is 0 Å². The van der Waals surface area contributed by atoms with E-state index in [0.717, 1.165) is 5.92 Å². The van der Waals surface area contributed by atoms with E-state index in [-0.39, 0.29) is 0 Å². The van der Waals surface area contributed by atoms with Crippen LogP contribution in [0.1, 0.15) is 65.7 Å². The maximum atomic E-state index is 2.49. The maximum Gasteiger partial charge on any atom is -0.0323 e. The van der Waals surface area contributed by atoms with E-state index in [9.17, 15) is 0 Å². The molecular weight excluding hydrogens is 144 g/mol. The summed E-state index contributed by atoms with van der Waals surface area (Å²) in [6.45, 7) is 7.21. The molecule has 1 fully saturated rings. The molecule has 0 radical (unpaired) electrons. The van der Waals surface area contributed by atoms with E-state index >= 15 is 0 Å². The van der Waals surface area contributed by atoms with Crippen LogP contribution in [0.4, 0.5) is 0 Å². The fourth-order valence-corrected chi connectivity index (χ4v) is 2.87. The molecule has 12 heavy (non-hydrogen) atoms. The third kappa shape index (κ3) is 2.80. The van der Waals surface area contributed by atoms with Gasteiger partial charge in [-0.1, -0.05) is 46.5 Å². The van der Waals surface area contributed by atoms with E-state index < -0.39 is 0 Å². The van der Waals surface area contributed by atoms with E-state index in [1.165, 1.54) is 44.9 Å². The average Bonchev–Trinajstić information content (AvgIpc) is 2.36. The Morgan fingerprint density at radius 1 is 1.25 bits per heavy atom. The fraction of sp³-hybridized carbons (Fsp3) is 1.00. The van der Waals surface area contributed by atoms with E-state index in [1.54, 1.807) is 0 Å². The summed E-state index contributed by atoms with van der Waals surface area (Å²) in [5.41, 5.74) is 0.717. The number of rotatable bonds is 4. The van der Waals surface area contributed by atoms with Crippen molar-refractivity contribution in [3.63, 3.8) is 0 Å². The second kappa shape index (κ2) is 4.30. The molecule has 1 aliphatic rings. The molecule has 0 heteroatoms. The molecule has 0 saturated heterocycles. The SMILES string of the molecule is CCC[C@H](C)CC1(C)CCCC1. The monoisotopic (exact) mass is 168 g/mol. The van der Waals surface area contributed by atoms with Gasteiger partial charge in [-0.3, -0.25) is 0 Å². The Morgan fingerprint density at radius 3 is 2.33 bits per heavy atom. The van der Waals surface area contributed by atoms with Gasteiger partial charge in [0, 0.05) is 0 Å². The van der Waals surface area contributed by atoms with Crippen molar-refractivity contribution < 1.29 is 0 Å².